The minimum Gasteiger partial charge on any atom is -0.501 e. The molecule has 0 atom stereocenters. The summed E-state index contributed by atoms with van der Waals surface area (Å²) in [4.78, 5) is 11.8. The summed E-state index contributed by atoms with van der Waals surface area (Å²) in [5.74, 6) is 0.804. The summed E-state index contributed by atoms with van der Waals surface area (Å²) in [7, 11) is 0. The molecule has 1 aliphatic heterocycles. The highest BCUT2D eigenvalue weighted by Gasteiger charge is 2.13. The Labute approximate surface area is 116 Å². The molecule has 7 heteroatoms. The van der Waals surface area contributed by atoms with Gasteiger partial charge in [0.1, 0.15) is 5.82 Å². The van der Waals surface area contributed by atoms with Crippen molar-refractivity contribution in [2.45, 2.75) is 32.7 Å². The van der Waals surface area contributed by atoms with Crippen LogP contribution in [-0.2, 0) is 22.5 Å². The van der Waals surface area contributed by atoms with Crippen molar-refractivity contribution >= 4 is 18.1 Å². The average Bonchev–Trinajstić information content (AvgIpc) is 2.80. The SMILES string of the molecule is CCn1c(CCNC(=O)C2=COCCC2)n[nH]c1=S. The molecule has 0 aliphatic carbocycles. The van der Waals surface area contributed by atoms with Crippen LogP contribution in [0.5, 0.6) is 0 Å². The van der Waals surface area contributed by atoms with Crippen LogP contribution in [0.25, 0.3) is 0 Å². The first-order chi connectivity index (χ1) is 9.22. The second kappa shape index (κ2) is 6.51. The number of hydrogen-bond donors (Lipinski definition) is 2. The summed E-state index contributed by atoms with van der Waals surface area (Å²) in [5, 5.41) is 9.79. The lowest BCUT2D eigenvalue weighted by molar-refractivity contribution is -0.117. The Morgan fingerprint density at radius 1 is 1.68 bits per heavy atom. The average molecular weight is 282 g/mol. The van der Waals surface area contributed by atoms with Gasteiger partial charge < -0.3 is 14.6 Å². The molecule has 1 aliphatic rings. The monoisotopic (exact) mass is 282 g/mol. The smallest absolute Gasteiger partial charge is 0.250 e. The summed E-state index contributed by atoms with van der Waals surface area (Å²) in [6.45, 7) is 4.02. The summed E-state index contributed by atoms with van der Waals surface area (Å²) in [5.41, 5.74) is 0.709. The maximum Gasteiger partial charge on any atom is 0.250 e. The Hall–Kier alpha value is -1.63. The Balaban J connectivity index is 1.84. The maximum absolute atomic E-state index is 11.8. The van der Waals surface area contributed by atoms with Gasteiger partial charge in [0.05, 0.1) is 18.4 Å². The van der Waals surface area contributed by atoms with E-state index in [1.807, 2.05) is 11.5 Å². The van der Waals surface area contributed by atoms with Gasteiger partial charge in [-0.05, 0) is 32.0 Å². The zero-order valence-corrected chi connectivity index (χ0v) is 11.8. The first-order valence-electron chi connectivity index (χ1n) is 6.45. The van der Waals surface area contributed by atoms with Gasteiger partial charge in [0.25, 0.3) is 0 Å². The fraction of sp³-hybridized carbons (Fsp3) is 0.583. The molecule has 1 aromatic rings. The highest BCUT2D eigenvalue weighted by Crippen LogP contribution is 2.11. The molecule has 2 rings (SSSR count). The van der Waals surface area contributed by atoms with Gasteiger partial charge in [0.2, 0.25) is 5.91 Å². The summed E-state index contributed by atoms with van der Waals surface area (Å²) < 4.78 is 7.69. The van der Waals surface area contributed by atoms with Crippen LogP contribution in [0.3, 0.4) is 0 Å². The molecule has 0 radical (unpaired) electrons. The minimum atomic E-state index is -0.0584. The molecule has 0 spiro atoms. The fourth-order valence-electron chi connectivity index (χ4n) is 2.00. The molecular weight excluding hydrogens is 264 g/mol. The van der Waals surface area contributed by atoms with E-state index >= 15 is 0 Å². The lowest BCUT2D eigenvalue weighted by Crippen LogP contribution is -2.28. The third-order valence-corrected chi connectivity index (χ3v) is 3.32. The number of nitrogens with zero attached hydrogens (tertiary/aromatic N) is 2. The topological polar surface area (TPSA) is 71.9 Å². The Bertz CT molecular complexity index is 532. The molecule has 1 aromatic heterocycles. The van der Waals surface area contributed by atoms with Crippen molar-refractivity contribution in [2.24, 2.45) is 0 Å². The van der Waals surface area contributed by atoms with Crippen molar-refractivity contribution in [3.05, 3.63) is 22.4 Å². The van der Waals surface area contributed by atoms with Crippen molar-refractivity contribution in [3.63, 3.8) is 0 Å². The van der Waals surface area contributed by atoms with E-state index < -0.39 is 0 Å². The van der Waals surface area contributed by atoms with Crippen LogP contribution in [0, 0.1) is 4.77 Å². The van der Waals surface area contributed by atoms with Gasteiger partial charge in [-0.2, -0.15) is 5.10 Å². The van der Waals surface area contributed by atoms with Crippen LogP contribution in [-0.4, -0.2) is 33.8 Å². The molecule has 6 nitrogen and oxygen atoms in total. The van der Waals surface area contributed by atoms with Crippen LogP contribution >= 0.6 is 12.2 Å². The number of hydrogen-bond acceptors (Lipinski definition) is 4. The molecular formula is C12H18N4O2S. The Morgan fingerprint density at radius 2 is 2.53 bits per heavy atom. The molecule has 2 heterocycles. The van der Waals surface area contributed by atoms with E-state index in [0.717, 1.165) is 25.2 Å². The largest absolute Gasteiger partial charge is 0.501 e. The molecule has 1 amide bonds. The number of aromatic nitrogens is 3. The highest BCUT2D eigenvalue weighted by atomic mass is 32.1. The van der Waals surface area contributed by atoms with Gasteiger partial charge in [0, 0.05) is 19.5 Å². The van der Waals surface area contributed by atoms with Crippen molar-refractivity contribution < 1.29 is 9.53 Å². The van der Waals surface area contributed by atoms with Crippen LogP contribution in [0.4, 0.5) is 0 Å². The lowest BCUT2D eigenvalue weighted by atomic mass is 10.1. The molecule has 0 unspecified atom stereocenters. The molecule has 2 N–H and O–H groups in total. The van der Waals surface area contributed by atoms with Crippen molar-refractivity contribution in [1.82, 2.24) is 20.1 Å². The number of amides is 1. The van der Waals surface area contributed by atoms with Crippen molar-refractivity contribution in [2.75, 3.05) is 13.2 Å². The van der Waals surface area contributed by atoms with E-state index in [2.05, 4.69) is 15.5 Å². The molecule has 104 valence electrons. The first-order valence-corrected chi connectivity index (χ1v) is 6.86. The third-order valence-electron chi connectivity index (χ3n) is 3.01. The van der Waals surface area contributed by atoms with E-state index in [1.54, 1.807) is 6.26 Å². The Morgan fingerprint density at radius 3 is 3.21 bits per heavy atom. The van der Waals surface area contributed by atoms with Crippen LogP contribution in [0.1, 0.15) is 25.6 Å². The number of carbonyl (C=O) groups is 1. The zero-order chi connectivity index (χ0) is 13.7. The summed E-state index contributed by atoms with van der Waals surface area (Å²) in [6.07, 6.45) is 3.88. The quantitative estimate of drug-likeness (QED) is 0.799. The minimum absolute atomic E-state index is 0.0584. The van der Waals surface area contributed by atoms with Gasteiger partial charge in [-0.25, -0.2) is 0 Å². The van der Waals surface area contributed by atoms with Gasteiger partial charge in [-0.1, -0.05) is 0 Å². The van der Waals surface area contributed by atoms with Gasteiger partial charge in [0.15, 0.2) is 4.77 Å². The van der Waals surface area contributed by atoms with Crippen LogP contribution < -0.4 is 5.32 Å². The second-order valence-corrected chi connectivity index (χ2v) is 4.70. The molecule has 19 heavy (non-hydrogen) atoms. The molecule has 0 saturated heterocycles. The number of H-pyrrole nitrogens is 1. The van der Waals surface area contributed by atoms with E-state index in [-0.39, 0.29) is 5.91 Å². The third kappa shape index (κ3) is 3.44. The molecule has 0 saturated carbocycles. The summed E-state index contributed by atoms with van der Waals surface area (Å²) in [6, 6.07) is 0. The number of aromatic amines is 1. The lowest BCUT2D eigenvalue weighted by Gasteiger charge is -2.13. The maximum atomic E-state index is 11.8. The standard InChI is InChI=1S/C12H18N4O2S/c1-2-16-10(14-15-12(16)19)5-6-13-11(17)9-4-3-7-18-8-9/h8H,2-7H2,1H3,(H,13,17)(H,15,19). The predicted octanol–water partition coefficient (Wildman–Crippen LogP) is 1.31. The van der Waals surface area contributed by atoms with Crippen LogP contribution in [0.2, 0.25) is 0 Å². The van der Waals surface area contributed by atoms with Gasteiger partial charge in [-0.15, -0.1) is 0 Å². The van der Waals surface area contributed by atoms with E-state index in [4.69, 9.17) is 17.0 Å². The number of ether oxygens (including phenoxy) is 1. The molecule has 0 bridgehead atoms. The number of nitrogens with one attached hydrogen (secondary N) is 2. The first kappa shape index (κ1) is 13.8. The van der Waals surface area contributed by atoms with Crippen molar-refractivity contribution in [3.8, 4) is 0 Å². The zero-order valence-electron chi connectivity index (χ0n) is 10.9. The van der Waals surface area contributed by atoms with E-state index in [0.29, 0.717) is 29.9 Å². The predicted molar refractivity (Wildman–Crippen MR) is 73.1 cm³/mol. The normalized spacial score (nSPS) is 14.7. The van der Waals surface area contributed by atoms with Gasteiger partial charge >= 0.3 is 0 Å². The number of carbonyl (C=O) groups excluding carboxylic acids is 1. The van der Waals surface area contributed by atoms with E-state index in [1.165, 1.54) is 0 Å². The van der Waals surface area contributed by atoms with Crippen molar-refractivity contribution in [1.29, 1.82) is 0 Å². The second-order valence-electron chi connectivity index (χ2n) is 4.31. The molecule has 0 aromatic carbocycles. The number of rotatable bonds is 5. The Kier molecular flexibility index (Phi) is 4.73. The summed E-state index contributed by atoms with van der Waals surface area (Å²) >= 11 is 5.11. The highest BCUT2D eigenvalue weighted by molar-refractivity contribution is 7.71. The molecule has 0 fully saturated rings. The van der Waals surface area contributed by atoms with Gasteiger partial charge in [-0.3, -0.25) is 9.89 Å². The van der Waals surface area contributed by atoms with E-state index in [9.17, 15) is 4.79 Å². The fourth-order valence-corrected chi connectivity index (χ4v) is 2.28. The van der Waals surface area contributed by atoms with Crippen LogP contribution in [0.15, 0.2) is 11.8 Å².